The van der Waals surface area contributed by atoms with Crippen molar-refractivity contribution < 1.29 is 9.50 Å². The average Bonchev–Trinajstić information content (AvgIpc) is 2.16. The maximum atomic E-state index is 13.2. The Balaban J connectivity index is 2.89. The highest BCUT2D eigenvalue weighted by Gasteiger charge is 2.22. The van der Waals surface area contributed by atoms with Crippen molar-refractivity contribution in [2.24, 2.45) is 11.7 Å². The second kappa shape index (κ2) is 4.48. The largest absolute Gasteiger partial charge is 0.391 e. The molecule has 0 spiro atoms. The van der Waals surface area contributed by atoms with Gasteiger partial charge < -0.3 is 10.8 Å². The zero-order chi connectivity index (χ0) is 10.7. The van der Waals surface area contributed by atoms with Crippen molar-refractivity contribution in [1.82, 2.24) is 4.98 Å². The van der Waals surface area contributed by atoms with Crippen molar-refractivity contribution in [2.45, 2.75) is 26.0 Å². The SMILES string of the molecule is CC(C)[C@@H](O)[C@@H](N)c1cccnc1F. The van der Waals surface area contributed by atoms with Gasteiger partial charge in [0.15, 0.2) is 0 Å². The van der Waals surface area contributed by atoms with Gasteiger partial charge in [-0.15, -0.1) is 0 Å². The van der Waals surface area contributed by atoms with Crippen molar-refractivity contribution >= 4 is 0 Å². The lowest BCUT2D eigenvalue weighted by Gasteiger charge is -2.22. The second-order valence-corrected chi connectivity index (χ2v) is 3.64. The van der Waals surface area contributed by atoms with Crippen molar-refractivity contribution in [2.75, 3.05) is 0 Å². The molecule has 1 aromatic heterocycles. The van der Waals surface area contributed by atoms with Crippen molar-refractivity contribution in [1.29, 1.82) is 0 Å². The van der Waals surface area contributed by atoms with Gasteiger partial charge >= 0.3 is 0 Å². The number of halogens is 1. The van der Waals surface area contributed by atoms with E-state index in [2.05, 4.69) is 4.98 Å². The van der Waals surface area contributed by atoms with Gasteiger partial charge in [-0.05, 0) is 12.0 Å². The van der Waals surface area contributed by atoms with E-state index < -0.39 is 18.1 Å². The Morgan fingerprint density at radius 3 is 2.64 bits per heavy atom. The molecule has 1 aromatic rings. The summed E-state index contributed by atoms with van der Waals surface area (Å²) in [5.41, 5.74) is 5.97. The molecule has 0 radical (unpaired) electrons. The molecule has 78 valence electrons. The third kappa shape index (κ3) is 2.27. The molecule has 0 bridgehead atoms. The summed E-state index contributed by atoms with van der Waals surface area (Å²) in [6.07, 6.45) is 0.599. The zero-order valence-corrected chi connectivity index (χ0v) is 8.31. The van der Waals surface area contributed by atoms with E-state index >= 15 is 0 Å². The summed E-state index contributed by atoms with van der Waals surface area (Å²) in [6.45, 7) is 3.66. The summed E-state index contributed by atoms with van der Waals surface area (Å²) >= 11 is 0. The van der Waals surface area contributed by atoms with Crippen molar-refractivity contribution in [3.63, 3.8) is 0 Å². The van der Waals surface area contributed by atoms with E-state index in [1.165, 1.54) is 6.20 Å². The number of hydrogen-bond donors (Lipinski definition) is 2. The van der Waals surface area contributed by atoms with Crippen LogP contribution in [0.25, 0.3) is 0 Å². The molecule has 0 aromatic carbocycles. The monoisotopic (exact) mass is 198 g/mol. The number of aromatic nitrogens is 1. The first kappa shape index (κ1) is 11.1. The van der Waals surface area contributed by atoms with Crippen molar-refractivity contribution in [3.8, 4) is 0 Å². The number of pyridine rings is 1. The van der Waals surface area contributed by atoms with Crippen LogP contribution in [-0.2, 0) is 0 Å². The fourth-order valence-corrected chi connectivity index (χ4v) is 1.25. The molecule has 14 heavy (non-hydrogen) atoms. The minimum absolute atomic E-state index is 0.00962. The molecule has 0 aliphatic heterocycles. The van der Waals surface area contributed by atoms with E-state index in [0.29, 0.717) is 0 Å². The van der Waals surface area contributed by atoms with Crippen LogP contribution in [0, 0.1) is 11.9 Å². The topological polar surface area (TPSA) is 59.1 Å². The molecular weight excluding hydrogens is 183 g/mol. The van der Waals surface area contributed by atoms with Gasteiger partial charge in [0.2, 0.25) is 5.95 Å². The van der Waals surface area contributed by atoms with Crippen LogP contribution in [0.4, 0.5) is 4.39 Å². The van der Waals surface area contributed by atoms with Crippen LogP contribution < -0.4 is 5.73 Å². The van der Waals surface area contributed by atoms with Crippen LogP contribution in [0.3, 0.4) is 0 Å². The fraction of sp³-hybridized carbons (Fsp3) is 0.500. The summed E-state index contributed by atoms with van der Waals surface area (Å²) in [5, 5.41) is 9.65. The summed E-state index contributed by atoms with van der Waals surface area (Å²) < 4.78 is 13.2. The maximum Gasteiger partial charge on any atom is 0.217 e. The third-order valence-corrected chi connectivity index (χ3v) is 2.20. The minimum atomic E-state index is -0.756. The molecule has 4 heteroatoms. The lowest BCUT2D eigenvalue weighted by molar-refractivity contribution is 0.0963. The second-order valence-electron chi connectivity index (χ2n) is 3.64. The van der Waals surface area contributed by atoms with Crippen LogP contribution in [0.15, 0.2) is 18.3 Å². The van der Waals surface area contributed by atoms with E-state index in [9.17, 15) is 9.50 Å². The molecule has 0 saturated heterocycles. The number of aliphatic hydroxyl groups excluding tert-OH is 1. The lowest BCUT2D eigenvalue weighted by atomic mass is 9.95. The molecule has 3 N–H and O–H groups in total. The van der Waals surface area contributed by atoms with Gasteiger partial charge in [0.1, 0.15) is 0 Å². The highest BCUT2D eigenvalue weighted by molar-refractivity contribution is 5.16. The third-order valence-electron chi connectivity index (χ3n) is 2.20. The highest BCUT2D eigenvalue weighted by atomic mass is 19.1. The van der Waals surface area contributed by atoms with Crippen LogP contribution in [0.1, 0.15) is 25.5 Å². The minimum Gasteiger partial charge on any atom is -0.391 e. The van der Waals surface area contributed by atoms with Gasteiger partial charge in [-0.3, -0.25) is 0 Å². The number of nitrogens with two attached hydrogens (primary N) is 1. The van der Waals surface area contributed by atoms with Crippen LogP contribution in [0.5, 0.6) is 0 Å². The quantitative estimate of drug-likeness (QED) is 0.718. The van der Waals surface area contributed by atoms with E-state index in [1.807, 2.05) is 13.8 Å². The van der Waals surface area contributed by atoms with Gasteiger partial charge in [-0.25, -0.2) is 4.98 Å². The first-order chi connectivity index (χ1) is 6.54. The Labute approximate surface area is 82.8 Å². The Morgan fingerprint density at radius 1 is 1.50 bits per heavy atom. The Hall–Kier alpha value is -1.00. The highest BCUT2D eigenvalue weighted by Crippen LogP contribution is 2.20. The van der Waals surface area contributed by atoms with E-state index in [1.54, 1.807) is 12.1 Å². The molecule has 0 fully saturated rings. The Bertz CT molecular complexity index is 304. The van der Waals surface area contributed by atoms with Gasteiger partial charge in [0, 0.05) is 11.8 Å². The van der Waals surface area contributed by atoms with Crippen LogP contribution in [-0.4, -0.2) is 16.2 Å². The summed E-state index contributed by atoms with van der Waals surface area (Å²) in [6, 6.07) is 2.42. The normalized spacial score (nSPS) is 15.6. The number of hydrogen-bond acceptors (Lipinski definition) is 3. The molecule has 0 amide bonds. The smallest absolute Gasteiger partial charge is 0.217 e. The standard InChI is InChI=1S/C10H15FN2O/c1-6(2)9(14)8(12)7-4-3-5-13-10(7)11/h3-6,8-9,14H,12H2,1-2H3/t8-,9+/m0/s1. The fourth-order valence-electron chi connectivity index (χ4n) is 1.25. The first-order valence-corrected chi connectivity index (χ1v) is 4.58. The molecule has 1 heterocycles. The molecule has 0 saturated carbocycles. The maximum absolute atomic E-state index is 13.2. The van der Waals surface area contributed by atoms with E-state index in [0.717, 1.165) is 0 Å². The predicted molar refractivity (Wildman–Crippen MR) is 52.0 cm³/mol. The molecular formula is C10H15FN2O. The van der Waals surface area contributed by atoms with Gasteiger partial charge in [-0.2, -0.15) is 4.39 Å². The van der Waals surface area contributed by atoms with Crippen LogP contribution in [0.2, 0.25) is 0 Å². The molecule has 1 rings (SSSR count). The summed E-state index contributed by atoms with van der Waals surface area (Å²) in [5.74, 6) is -0.621. The molecule has 0 aliphatic rings. The number of rotatable bonds is 3. The summed E-state index contributed by atoms with van der Waals surface area (Å²) in [7, 11) is 0. The average molecular weight is 198 g/mol. The molecule has 2 atom stereocenters. The first-order valence-electron chi connectivity index (χ1n) is 4.58. The van der Waals surface area contributed by atoms with Crippen molar-refractivity contribution in [3.05, 3.63) is 29.8 Å². The molecule has 3 nitrogen and oxygen atoms in total. The van der Waals surface area contributed by atoms with Crippen LogP contribution >= 0.6 is 0 Å². The Morgan fingerprint density at radius 2 is 2.14 bits per heavy atom. The van der Waals surface area contributed by atoms with E-state index in [-0.39, 0.29) is 11.5 Å². The van der Waals surface area contributed by atoms with Gasteiger partial charge in [-0.1, -0.05) is 19.9 Å². The lowest BCUT2D eigenvalue weighted by Crippen LogP contribution is -2.31. The Kier molecular flexibility index (Phi) is 3.55. The summed E-state index contributed by atoms with van der Waals surface area (Å²) in [4.78, 5) is 3.48. The molecule has 0 aliphatic carbocycles. The number of aliphatic hydroxyl groups is 1. The van der Waals surface area contributed by atoms with Gasteiger partial charge in [0.05, 0.1) is 12.1 Å². The molecule has 0 unspecified atom stereocenters. The van der Waals surface area contributed by atoms with E-state index in [4.69, 9.17) is 5.73 Å². The zero-order valence-electron chi connectivity index (χ0n) is 8.31. The predicted octanol–water partition coefficient (Wildman–Crippen LogP) is 1.24. The van der Waals surface area contributed by atoms with Gasteiger partial charge in [0.25, 0.3) is 0 Å². The number of nitrogens with zero attached hydrogens (tertiary/aromatic N) is 1.